The summed E-state index contributed by atoms with van der Waals surface area (Å²) in [7, 11) is 0. The normalized spacial score (nSPS) is 23.1. The van der Waals surface area contributed by atoms with E-state index in [-0.39, 0.29) is 24.0 Å². The lowest BCUT2D eigenvalue weighted by atomic mass is 10.0. The first-order valence-corrected chi connectivity index (χ1v) is 11.1. The lowest BCUT2D eigenvalue weighted by Gasteiger charge is -2.33. The van der Waals surface area contributed by atoms with Gasteiger partial charge in [-0.05, 0) is 54.1 Å². The Labute approximate surface area is 189 Å². The van der Waals surface area contributed by atoms with Crippen LogP contribution in [0.5, 0.6) is 0 Å². The molecule has 2 atom stereocenters. The van der Waals surface area contributed by atoms with E-state index < -0.39 is 0 Å². The summed E-state index contributed by atoms with van der Waals surface area (Å²) in [5.74, 6) is 1.62. The number of piperidine rings is 1. The number of halogens is 1. The molecule has 1 aromatic heterocycles. The molecule has 2 heterocycles. The molecule has 1 aromatic carbocycles. The molecular weight excluding hydrogens is 479 g/mol. The Hall–Kier alpha value is -1.12. The first-order chi connectivity index (χ1) is 13.3. The van der Waals surface area contributed by atoms with Crippen molar-refractivity contribution in [2.75, 3.05) is 19.6 Å². The van der Waals surface area contributed by atoms with Crippen molar-refractivity contribution < 1.29 is 0 Å². The van der Waals surface area contributed by atoms with Crippen LogP contribution in [0.1, 0.15) is 43.2 Å². The van der Waals surface area contributed by atoms with Crippen LogP contribution in [-0.2, 0) is 6.54 Å². The van der Waals surface area contributed by atoms with Crippen LogP contribution < -0.4 is 10.6 Å². The van der Waals surface area contributed by atoms with Crippen LogP contribution in [0, 0.1) is 0 Å². The molecule has 0 amide bonds. The van der Waals surface area contributed by atoms with E-state index in [0.29, 0.717) is 18.0 Å². The second kappa shape index (κ2) is 10.6. The predicted octanol–water partition coefficient (Wildman–Crippen LogP) is 4.44. The average Bonchev–Trinajstić information content (AvgIpc) is 3.27. The number of nitrogens with zero attached hydrogens (tertiary/aromatic N) is 2. The van der Waals surface area contributed by atoms with Crippen LogP contribution in [0.4, 0.5) is 0 Å². The molecular formula is C22H31IN4S. The van der Waals surface area contributed by atoms with E-state index in [1.807, 2.05) is 0 Å². The van der Waals surface area contributed by atoms with Crippen molar-refractivity contribution in [3.63, 3.8) is 0 Å². The number of hydrogen-bond acceptors (Lipinski definition) is 3. The smallest absolute Gasteiger partial charge is 0.191 e. The lowest BCUT2D eigenvalue weighted by molar-refractivity contribution is 0.198. The largest absolute Gasteiger partial charge is 0.354 e. The SMILES string of the molecule is CCN=C(NC1CCN(Cc2ccsc2)CC1)NC1CC1c1ccccc1.I. The highest BCUT2D eigenvalue weighted by atomic mass is 127. The number of guanidine groups is 1. The molecule has 6 heteroatoms. The van der Waals surface area contributed by atoms with Gasteiger partial charge in [-0.2, -0.15) is 11.3 Å². The molecule has 1 aliphatic heterocycles. The minimum absolute atomic E-state index is 0. The fourth-order valence-electron chi connectivity index (χ4n) is 3.96. The first-order valence-electron chi connectivity index (χ1n) is 10.2. The van der Waals surface area contributed by atoms with E-state index in [1.165, 1.54) is 30.4 Å². The van der Waals surface area contributed by atoms with Crippen molar-refractivity contribution in [1.82, 2.24) is 15.5 Å². The molecule has 2 N–H and O–H groups in total. The van der Waals surface area contributed by atoms with Gasteiger partial charge >= 0.3 is 0 Å². The van der Waals surface area contributed by atoms with Crippen molar-refractivity contribution in [2.24, 2.45) is 4.99 Å². The molecule has 28 heavy (non-hydrogen) atoms. The van der Waals surface area contributed by atoms with Crippen LogP contribution in [-0.4, -0.2) is 42.6 Å². The maximum Gasteiger partial charge on any atom is 0.191 e. The third kappa shape index (κ3) is 5.94. The number of aliphatic imine (C=N–C) groups is 1. The Kier molecular flexibility index (Phi) is 8.17. The summed E-state index contributed by atoms with van der Waals surface area (Å²) in [6.45, 7) is 6.32. The Morgan fingerprint density at radius 1 is 1.14 bits per heavy atom. The third-order valence-electron chi connectivity index (χ3n) is 5.57. The summed E-state index contributed by atoms with van der Waals surface area (Å²) >= 11 is 1.79. The number of nitrogens with one attached hydrogen (secondary N) is 2. The molecule has 2 aliphatic rings. The van der Waals surface area contributed by atoms with E-state index in [9.17, 15) is 0 Å². The quantitative estimate of drug-likeness (QED) is 0.343. The fourth-order valence-corrected chi connectivity index (χ4v) is 4.62. The first kappa shape index (κ1) is 21.6. The second-order valence-electron chi connectivity index (χ2n) is 7.65. The number of thiophene rings is 1. The van der Waals surface area contributed by atoms with Crippen molar-refractivity contribution in [3.05, 3.63) is 58.3 Å². The van der Waals surface area contributed by atoms with Gasteiger partial charge in [-0.3, -0.25) is 9.89 Å². The van der Waals surface area contributed by atoms with Gasteiger partial charge in [-0.25, -0.2) is 0 Å². The van der Waals surface area contributed by atoms with Crippen molar-refractivity contribution in [2.45, 2.75) is 50.7 Å². The number of benzene rings is 1. The van der Waals surface area contributed by atoms with E-state index in [2.05, 4.69) is 74.6 Å². The van der Waals surface area contributed by atoms with Crippen molar-refractivity contribution in [3.8, 4) is 0 Å². The summed E-state index contributed by atoms with van der Waals surface area (Å²) in [5.41, 5.74) is 2.88. The van der Waals surface area contributed by atoms with E-state index >= 15 is 0 Å². The zero-order chi connectivity index (χ0) is 18.5. The molecule has 1 saturated carbocycles. The molecule has 2 unspecified atom stereocenters. The minimum Gasteiger partial charge on any atom is -0.354 e. The Morgan fingerprint density at radius 2 is 1.93 bits per heavy atom. The van der Waals surface area contributed by atoms with Crippen molar-refractivity contribution in [1.29, 1.82) is 0 Å². The molecule has 0 bridgehead atoms. The van der Waals surface area contributed by atoms with Gasteiger partial charge in [-0.15, -0.1) is 24.0 Å². The summed E-state index contributed by atoms with van der Waals surface area (Å²) in [5, 5.41) is 11.8. The maximum atomic E-state index is 4.69. The Balaban J connectivity index is 0.00000225. The van der Waals surface area contributed by atoms with Gasteiger partial charge in [-0.1, -0.05) is 30.3 Å². The fraction of sp³-hybridized carbons (Fsp3) is 0.500. The Morgan fingerprint density at radius 3 is 2.61 bits per heavy atom. The van der Waals surface area contributed by atoms with Gasteiger partial charge in [0.05, 0.1) is 0 Å². The average molecular weight is 510 g/mol. The highest BCUT2D eigenvalue weighted by molar-refractivity contribution is 14.0. The van der Waals surface area contributed by atoms with Crippen LogP contribution in [0.15, 0.2) is 52.2 Å². The van der Waals surface area contributed by atoms with Gasteiger partial charge in [0.25, 0.3) is 0 Å². The maximum absolute atomic E-state index is 4.69. The molecule has 2 aromatic rings. The van der Waals surface area contributed by atoms with Crippen LogP contribution in [0.2, 0.25) is 0 Å². The number of likely N-dealkylation sites (tertiary alicyclic amines) is 1. The van der Waals surface area contributed by atoms with E-state index in [0.717, 1.165) is 32.1 Å². The predicted molar refractivity (Wildman–Crippen MR) is 130 cm³/mol. The summed E-state index contributed by atoms with van der Waals surface area (Å²) in [6, 6.07) is 14.1. The highest BCUT2D eigenvalue weighted by Gasteiger charge is 2.39. The number of rotatable bonds is 6. The third-order valence-corrected chi connectivity index (χ3v) is 6.30. The molecule has 0 spiro atoms. The molecule has 4 rings (SSSR count). The van der Waals surface area contributed by atoms with Crippen LogP contribution in [0.25, 0.3) is 0 Å². The molecule has 4 nitrogen and oxygen atoms in total. The molecule has 0 radical (unpaired) electrons. The topological polar surface area (TPSA) is 39.7 Å². The highest BCUT2D eigenvalue weighted by Crippen LogP contribution is 2.40. The summed E-state index contributed by atoms with van der Waals surface area (Å²) in [6.07, 6.45) is 3.57. The summed E-state index contributed by atoms with van der Waals surface area (Å²) < 4.78 is 0. The van der Waals surface area contributed by atoms with Crippen molar-refractivity contribution >= 4 is 41.3 Å². The van der Waals surface area contributed by atoms with Crippen LogP contribution >= 0.6 is 35.3 Å². The zero-order valence-electron chi connectivity index (χ0n) is 16.5. The molecule has 152 valence electrons. The number of hydrogen-bond donors (Lipinski definition) is 2. The van der Waals surface area contributed by atoms with Crippen LogP contribution in [0.3, 0.4) is 0 Å². The summed E-state index contributed by atoms with van der Waals surface area (Å²) in [4.78, 5) is 7.25. The van der Waals surface area contributed by atoms with Gasteiger partial charge in [0.1, 0.15) is 0 Å². The Bertz CT molecular complexity index is 726. The monoisotopic (exact) mass is 510 g/mol. The minimum atomic E-state index is 0. The molecule has 1 aliphatic carbocycles. The molecule has 1 saturated heterocycles. The second-order valence-corrected chi connectivity index (χ2v) is 8.43. The van der Waals surface area contributed by atoms with E-state index in [1.54, 1.807) is 11.3 Å². The lowest BCUT2D eigenvalue weighted by Crippen LogP contribution is -2.49. The molecule has 2 fully saturated rings. The standard InChI is InChI=1S/C22H30N4S.HI/c1-2-23-22(25-21-14-20(21)18-6-4-3-5-7-18)24-19-8-11-26(12-9-19)15-17-10-13-27-16-17;/h3-7,10,13,16,19-21H,2,8-9,11-12,14-15H2,1H3,(H2,23,24,25);1H. The van der Waals surface area contributed by atoms with Gasteiger partial charge in [0, 0.05) is 44.2 Å². The zero-order valence-corrected chi connectivity index (χ0v) is 19.7. The van der Waals surface area contributed by atoms with Gasteiger partial charge in [0.2, 0.25) is 0 Å². The van der Waals surface area contributed by atoms with E-state index in [4.69, 9.17) is 0 Å². The van der Waals surface area contributed by atoms with Gasteiger partial charge in [0.15, 0.2) is 5.96 Å². The van der Waals surface area contributed by atoms with Gasteiger partial charge < -0.3 is 10.6 Å².